The summed E-state index contributed by atoms with van der Waals surface area (Å²) in [6, 6.07) is 14.0. The fourth-order valence-corrected chi connectivity index (χ4v) is 8.78. The Morgan fingerprint density at radius 1 is 1.04 bits per heavy atom. The number of nitrogens with zero attached hydrogens (tertiary/aromatic N) is 2. The van der Waals surface area contributed by atoms with Crippen molar-refractivity contribution in [3.63, 3.8) is 0 Å². The van der Waals surface area contributed by atoms with Gasteiger partial charge in [0, 0.05) is 66.3 Å². The van der Waals surface area contributed by atoms with E-state index in [1.165, 1.54) is 17.0 Å². The van der Waals surface area contributed by atoms with Crippen molar-refractivity contribution in [1.82, 2.24) is 15.1 Å². The summed E-state index contributed by atoms with van der Waals surface area (Å²) in [5.41, 5.74) is 1.07. The SMILES string of the molecule is Cc1ccc(F)cc1[C@H]1N(C(CCCS(C)(=O)=O)C(=O)N2CCNCC2)C(=O)C[C@@H](c2cccc(Cl)c2)[C@]12C(=O)Nc1cc(Cl)ccc12. The van der Waals surface area contributed by atoms with Crippen molar-refractivity contribution < 1.29 is 27.2 Å². The number of sulfone groups is 1. The van der Waals surface area contributed by atoms with E-state index < -0.39 is 50.9 Å². The average Bonchev–Trinajstić information content (AvgIpc) is 3.31. The van der Waals surface area contributed by atoms with Crippen LogP contribution in [0.4, 0.5) is 10.1 Å². The Bertz CT molecular complexity index is 1890. The monoisotopic (exact) mass is 714 g/mol. The highest BCUT2D eigenvalue weighted by atomic mass is 35.5. The summed E-state index contributed by atoms with van der Waals surface area (Å²) in [5, 5.41) is 7.04. The van der Waals surface area contributed by atoms with Crippen molar-refractivity contribution in [1.29, 1.82) is 0 Å². The zero-order valence-corrected chi connectivity index (χ0v) is 29.0. The number of halogens is 3. The van der Waals surface area contributed by atoms with Gasteiger partial charge in [-0.05, 0) is 78.4 Å². The fraction of sp³-hybridized carbons (Fsp3) is 0.400. The van der Waals surface area contributed by atoms with Gasteiger partial charge in [0.2, 0.25) is 17.7 Å². The Morgan fingerprint density at radius 2 is 1.77 bits per heavy atom. The molecule has 3 aromatic carbocycles. The number of benzene rings is 3. The third kappa shape index (κ3) is 6.33. The summed E-state index contributed by atoms with van der Waals surface area (Å²) in [6.07, 6.45) is 1.08. The second-order valence-electron chi connectivity index (χ2n) is 12.9. The zero-order chi connectivity index (χ0) is 34.4. The molecular weight excluding hydrogens is 678 g/mol. The second kappa shape index (κ2) is 13.4. The lowest BCUT2D eigenvalue weighted by molar-refractivity contribution is -0.158. The van der Waals surface area contributed by atoms with Gasteiger partial charge >= 0.3 is 0 Å². The molecule has 3 aromatic rings. The summed E-state index contributed by atoms with van der Waals surface area (Å²) in [4.78, 5) is 47.3. The lowest BCUT2D eigenvalue weighted by atomic mass is 9.58. The van der Waals surface area contributed by atoms with Crippen LogP contribution in [-0.4, -0.2) is 80.2 Å². The highest BCUT2D eigenvalue weighted by molar-refractivity contribution is 7.90. The molecule has 3 heterocycles. The molecule has 0 aliphatic carbocycles. The minimum Gasteiger partial charge on any atom is -0.338 e. The quantitative estimate of drug-likeness (QED) is 0.339. The molecule has 0 bridgehead atoms. The predicted octanol–water partition coefficient (Wildman–Crippen LogP) is 5.01. The molecule has 0 aromatic heterocycles. The van der Waals surface area contributed by atoms with Crippen LogP contribution in [0.15, 0.2) is 60.7 Å². The molecule has 2 fully saturated rings. The molecular formula is C35H37Cl2FN4O5S. The molecule has 3 amide bonds. The molecule has 1 spiro atoms. The molecule has 3 aliphatic heterocycles. The first-order chi connectivity index (χ1) is 22.8. The Labute approximate surface area is 289 Å². The smallest absolute Gasteiger partial charge is 0.245 e. The van der Waals surface area contributed by atoms with Crippen LogP contribution in [0.3, 0.4) is 0 Å². The minimum atomic E-state index is -3.39. The van der Waals surface area contributed by atoms with Gasteiger partial charge < -0.3 is 20.4 Å². The number of amides is 3. The number of rotatable bonds is 8. The van der Waals surface area contributed by atoms with Crippen molar-refractivity contribution in [3.8, 4) is 0 Å². The fourth-order valence-electron chi connectivity index (χ4n) is 7.72. The number of piperidine rings is 1. The molecule has 1 unspecified atom stereocenters. The van der Waals surface area contributed by atoms with Gasteiger partial charge in [-0.2, -0.15) is 0 Å². The van der Waals surface area contributed by atoms with E-state index in [1.54, 1.807) is 54.3 Å². The van der Waals surface area contributed by atoms with Gasteiger partial charge in [0.25, 0.3) is 0 Å². The first-order valence-electron chi connectivity index (χ1n) is 15.9. The number of aryl methyl sites for hydroxylation is 1. The molecule has 254 valence electrons. The van der Waals surface area contributed by atoms with Crippen molar-refractivity contribution in [2.45, 2.75) is 49.6 Å². The maximum Gasteiger partial charge on any atom is 0.245 e. The number of anilines is 1. The van der Waals surface area contributed by atoms with Crippen LogP contribution in [-0.2, 0) is 29.6 Å². The Hall–Kier alpha value is -3.51. The Morgan fingerprint density at radius 3 is 2.48 bits per heavy atom. The second-order valence-corrected chi connectivity index (χ2v) is 16.0. The molecule has 3 aliphatic rings. The molecule has 9 nitrogen and oxygen atoms in total. The predicted molar refractivity (Wildman–Crippen MR) is 183 cm³/mol. The first-order valence-corrected chi connectivity index (χ1v) is 18.7. The largest absolute Gasteiger partial charge is 0.338 e. The van der Waals surface area contributed by atoms with Gasteiger partial charge in [0.1, 0.15) is 27.1 Å². The Kier molecular flexibility index (Phi) is 9.61. The van der Waals surface area contributed by atoms with Gasteiger partial charge in [-0.15, -0.1) is 0 Å². The first kappa shape index (κ1) is 34.4. The van der Waals surface area contributed by atoms with E-state index in [-0.39, 0.29) is 30.9 Å². The molecule has 6 rings (SSSR count). The normalized spacial score (nSPS) is 23.3. The molecule has 2 saturated heterocycles. The van der Waals surface area contributed by atoms with E-state index in [9.17, 15) is 22.8 Å². The third-order valence-corrected chi connectivity index (χ3v) is 11.3. The molecule has 0 saturated carbocycles. The Balaban J connectivity index is 1.64. The van der Waals surface area contributed by atoms with Crippen LogP contribution in [0.1, 0.15) is 53.5 Å². The van der Waals surface area contributed by atoms with E-state index in [2.05, 4.69) is 10.6 Å². The van der Waals surface area contributed by atoms with E-state index >= 15 is 4.39 Å². The highest BCUT2D eigenvalue weighted by Gasteiger charge is 2.65. The number of hydrogen-bond acceptors (Lipinski definition) is 6. The maximum atomic E-state index is 15.3. The number of carbonyl (C=O) groups is 3. The third-order valence-electron chi connectivity index (χ3n) is 9.81. The number of fused-ring (bicyclic) bond motifs is 2. The molecule has 13 heteroatoms. The van der Waals surface area contributed by atoms with E-state index in [4.69, 9.17) is 23.2 Å². The summed E-state index contributed by atoms with van der Waals surface area (Å²) >= 11 is 12.9. The van der Waals surface area contributed by atoms with E-state index in [0.717, 1.165) is 6.26 Å². The van der Waals surface area contributed by atoms with Crippen molar-refractivity contribution in [3.05, 3.63) is 98.8 Å². The summed E-state index contributed by atoms with van der Waals surface area (Å²) < 4.78 is 39.8. The van der Waals surface area contributed by atoms with Gasteiger partial charge in [-0.25, -0.2) is 12.8 Å². The van der Waals surface area contributed by atoms with E-state index in [0.29, 0.717) is 64.2 Å². The zero-order valence-electron chi connectivity index (χ0n) is 26.6. The van der Waals surface area contributed by atoms with Crippen molar-refractivity contribution in [2.24, 2.45) is 0 Å². The topological polar surface area (TPSA) is 116 Å². The summed E-state index contributed by atoms with van der Waals surface area (Å²) in [6.45, 7) is 3.68. The van der Waals surface area contributed by atoms with Crippen LogP contribution < -0.4 is 10.6 Å². The van der Waals surface area contributed by atoms with E-state index in [1.807, 2.05) is 6.07 Å². The van der Waals surface area contributed by atoms with Gasteiger partial charge in [-0.3, -0.25) is 14.4 Å². The molecule has 0 radical (unpaired) electrons. The lowest BCUT2D eigenvalue weighted by Crippen LogP contribution is -2.64. The number of nitrogens with one attached hydrogen (secondary N) is 2. The van der Waals surface area contributed by atoms with Crippen LogP contribution >= 0.6 is 23.2 Å². The lowest BCUT2D eigenvalue weighted by Gasteiger charge is -2.54. The minimum absolute atomic E-state index is 0.0272. The standard InChI is InChI=1S/C35H37Cl2FN4O5S/c1-21-8-10-25(38)19-26(21)32-35(27-11-9-24(37)18-29(27)40-34(35)45)28(22-5-3-6-23(36)17-22)20-31(43)42(32)30(7-4-16-48(2,46)47)33(44)41-14-12-39-13-15-41/h3,5-6,8-11,17-19,28,30,32,39H,4,7,12-16,20H2,1-2H3,(H,40,45)/t28-,30?,32+,35-/m0/s1. The highest BCUT2D eigenvalue weighted by Crippen LogP contribution is 2.61. The number of hydrogen-bond donors (Lipinski definition) is 2. The van der Waals surface area contributed by atoms with Gasteiger partial charge in [0.15, 0.2) is 0 Å². The maximum absolute atomic E-state index is 15.3. The van der Waals surface area contributed by atoms with Crippen molar-refractivity contribution >= 4 is 56.4 Å². The van der Waals surface area contributed by atoms with Crippen LogP contribution in [0, 0.1) is 12.7 Å². The van der Waals surface area contributed by atoms with Gasteiger partial charge in [0.05, 0.1) is 6.04 Å². The average molecular weight is 716 g/mol. The number of carbonyl (C=O) groups excluding carboxylic acids is 3. The van der Waals surface area contributed by atoms with Gasteiger partial charge in [-0.1, -0.05) is 47.5 Å². The number of piperazine rings is 1. The van der Waals surface area contributed by atoms with Crippen LogP contribution in [0.5, 0.6) is 0 Å². The molecule has 2 N–H and O–H groups in total. The molecule has 48 heavy (non-hydrogen) atoms. The summed E-state index contributed by atoms with van der Waals surface area (Å²) in [5.74, 6) is -2.73. The number of likely N-dealkylation sites (tertiary alicyclic amines) is 1. The summed E-state index contributed by atoms with van der Waals surface area (Å²) in [7, 11) is -3.39. The van der Waals surface area contributed by atoms with Crippen LogP contribution in [0.25, 0.3) is 0 Å². The van der Waals surface area contributed by atoms with Crippen molar-refractivity contribution in [2.75, 3.05) is 43.5 Å². The molecule has 4 atom stereocenters. The van der Waals surface area contributed by atoms with Crippen LogP contribution in [0.2, 0.25) is 10.0 Å².